The number of aliphatic imine (C=N–C) groups is 2. The van der Waals surface area contributed by atoms with Crippen LogP contribution in [0.15, 0.2) is 33.7 Å². The van der Waals surface area contributed by atoms with E-state index in [0.717, 1.165) is 12.4 Å². The first-order valence-electron chi connectivity index (χ1n) is 5.45. The van der Waals surface area contributed by atoms with Crippen molar-refractivity contribution in [2.45, 2.75) is 0 Å². The van der Waals surface area contributed by atoms with Gasteiger partial charge in [0.05, 0.1) is 39.8 Å². The fourth-order valence-corrected chi connectivity index (χ4v) is 0.954. The molecule has 0 heterocycles. The number of hydrogen-bond donors (Lipinski definition) is 2. The molecule has 0 bridgehead atoms. The van der Waals surface area contributed by atoms with Gasteiger partial charge in [-0.2, -0.15) is 0 Å². The number of aliphatic hydroxyl groups is 2. The second kappa shape index (κ2) is 10.3. The Morgan fingerprint density at radius 1 is 0.900 bits per heavy atom. The smallest absolute Gasteiger partial charge is 0.342 e. The summed E-state index contributed by atoms with van der Waals surface area (Å²) in [4.78, 5) is 29.7. The molecule has 0 spiro atoms. The van der Waals surface area contributed by atoms with E-state index in [2.05, 4.69) is 19.5 Å². The number of aliphatic hydroxyl groups excluding tert-OH is 2. The number of hydrogen-bond acceptors (Lipinski definition) is 8. The summed E-state index contributed by atoms with van der Waals surface area (Å²) in [6.07, 6.45) is 3.46. The van der Waals surface area contributed by atoms with Crippen molar-refractivity contribution < 1.29 is 29.3 Å². The number of ether oxygens (including phenoxy) is 2. The van der Waals surface area contributed by atoms with E-state index >= 15 is 0 Å². The molecule has 0 aliphatic rings. The molecule has 0 radical (unpaired) electrons. The van der Waals surface area contributed by atoms with Crippen LogP contribution in [0.2, 0.25) is 0 Å². The Labute approximate surface area is 115 Å². The van der Waals surface area contributed by atoms with Crippen molar-refractivity contribution in [1.82, 2.24) is 0 Å². The second-order valence-electron chi connectivity index (χ2n) is 3.22. The van der Waals surface area contributed by atoms with Crippen LogP contribution in [0.1, 0.15) is 0 Å². The van der Waals surface area contributed by atoms with E-state index in [4.69, 9.17) is 10.2 Å². The van der Waals surface area contributed by atoms with Crippen molar-refractivity contribution in [3.63, 3.8) is 0 Å². The van der Waals surface area contributed by atoms with Crippen molar-refractivity contribution in [2.75, 3.05) is 27.3 Å². The Kier molecular flexibility index (Phi) is 8.94. The molecule has 0 amide bonds. The molecule has 0 aliphatic heterocycles. The number of rotatable bonds is 7. The second-order valence-corrected chi connectivity index (χ2v) is 3.22. The highest BCUT2D eigenvalue weighted by atomic mass is 16.5. The first kappa shape index (κ1) is 17.4. The van der Waals surface area contributed by atoms with Crippen LogP contribution in [0.5, 0.6) is 0 Å². The van der Waals surface area contributed by atoms with Crippen LogP contribution >= 0.6 is 0 Å². The molecule has 2 N–H and O–H groups in total. The minimum Gasteiger partial charge on any atom is -0.515 e. The molecule has 0 aromatic rings. The molecule has 20 heavy (non-hydrogen) atoms. The van der Waals surface area contributed by atoms with Gasteiger partial charge in [0.2, 0.25) is 0 Å². The number of methoxy groups -OCH3 is 2. The first-order valence-corrected chi connectivity index (χ1v) is 5.45. The predicted molar refractivity (Wildman–Crippen MR) is 72.2 cm³/mol. The summed E-state index contributed by atoms with van der Waals surface area (Å²) in [6, 6.07) is 0. The third-order valence-corrected chi connectivity index (χ3v) is 1.94. The van der Waals surface area contributed by atoms with Gasteiger partial charge < -0.3 is 19.7 Å². The molecule has 0 aromatic heterocycles. The number of esters is 2. The van der Waals surface area contributed by atoms with Gasteiger partial charge >= 0.3 is 11.9 Å². The Morgan fingerprint density at radius 3 is 1.50 bits per heavy atom. The maximum absolute atomic E-state index is 11.0. The Hall–Kier alpha value is -2.64. The van der Waals surface area contributed by atoms with Gasteiger partial charge in [0.25, 0.3) is 0 Å². The van der Waals surface area contributed by atoms with Crippen molar-refractivity contribution in [3.8, 4) is 0 Å². The number of nitrogens with zero attached hydrogens (tertiary/aromatic N) is 2. The summed E-state index contributed by atoms with van der Waals surface area (Å²) in [7, 11) is 2.36. The van der Waals surface area contributed by atoms with Crippen molar-refractivity contribution >= 4 is 24.4 Å². The van der Waals surface area contributed by atoms with Gasteiger partial charge in [0.15, 0.2) is 0 Å². The molecule has 0 fully saturated rings. The van der Waals surface area contributed by atoms with Crippen LogP contribution in [0.3, 0.4) is 0 Å². The van der Waals surface area contributed by atoms with Gasteiger partial charge in [-0.3, -0.25) is 9.98 Å². The molecule has 0 aliphatic carbocycles. The van der Waals surface area contributed by atoms with E-state index < -0.39 is 11.9 Å². The molecule has 0 aromatic carbocycles. The van der Waals surface area contributed by atoms with E-state index in [1.807, 2.05) is 0 Å². The zero-order valence-corrected chi connectivity index (χ0v) is 11.1. The van der Waals surface area contributed by atoms with E-state index in [1.165, 1.54) is 14.2 Å². The summed E-state index contributed by atoms with van der Waals surface area (Å²) in [6.45, 7) is 0.426. The normalized spacial score (nSPS) is 12.9. The van der Waals surface area contributed by atoms with E-state index in [1.54, 1.807) is 0 Å². The minimum absolute atomic E-state index is 0.0954. The third kappa shape index (κ3) is 6.34. The highest BCUT2D eigenvalue weighted by Crippen LogP contribution is 1.94. The van der Waals surface area contributed by atoms with Crippen LogP contribution < -0.4 is 0 Å². The Bertz CT molecular complexity index is 409. The number of carbonyl (C=O) groups excluding carboxylic acids is 2. The maximum Gasteiger partial charge on any atom is 0.342 e. The van der Waals surface area contributed by atoms with E-state index in [0.29, 0.717) is 12.5 Å². The zero-order chi connectivity index (χ0) is 15.4. The minimum atomic E-state index is -0.712. The van der Waals surface area contributed by atoms with Gasteiger partial charge in [0, 0.05) is 12.4 Å². The lowest BCUT2D eigenvalue weighted by Gasteiger charge is -1.97. The SMILES string of the molecule is COC(=O)/C(C=NCCN=C/C(=C\O)C(=O)OC)=C/O. The van der Waals surface area contributed by atoms with Crippen LogP contribution in [0.4, 0.5) is 0 Å². The average molecular weight is 284 g/mol. The van der Waals surface area contributed by atoms with Gasteiger partial charge in [-0.25, -0.2) is 9.59 Å². The predicted octanol–water partition coefficient (Wildman–Crippen LogP) is 0.358. The van der Waals surface area contributed by atoms with Crippen LogP contribution in [0.25, 0.3) is 0 Å². The van der Waals surface area contributed by atoms with Gasteiger partial charge in [-0.05, 0) is 0 Å². The molecule has 110 valence electrons. The molecule has 0 saturated heterocycles. The molecule has 0 rings (SSSR count). The van der Waals surface area contributed by atoms with E-state index in [9.17, 15) is 9.59 Å². The van der Waals surface area contributed by atoms with Crippen molar-refractivity contribution in [2.24, 2.45) is 9.98 Å². The number of carbonyl (C=O) groups is 2. The van der Waals surface area contributed by atoms with Crippen molar-refractivity contribution in [1.29, 1.82) is 0 Å². The largest absolute Gasteiger partial charge is 0.515 e. The quantitative estimate of drug-likeness (QED) is 0.229. The van der Waals surface area contributed by atoms with E-state index in [-0.39, 0.29) is 24.2 Å². The molecular formula is C12H16N2O6. The summed E-state index contributed by atoms with van der Waals surface area (Å²) in [5.74, 6) is -1.42. The summed E-state index contributed by atoms with van der Waals surface area (Å²) in [5.41, 5.74) is -0.191. The highest BCUT2D eigenvalue weighted by Gasteiger charge is 2.06. The average Bonchev–Trinajstić information content (AvgIpc) is 2.48. The standard InChI is InChI=1S/C12H16N2O6/c1-19-11(17)9(7-15)5-13-3-4-14-6-10(8-16)12(18)20-2/h5-8,15-16H,3-4H2,1-2H3/b9-7+,10-8+,13-5?,14-6?. The Balaban J connectivity index is 4.26. The summed E-state index contributed by atoms with van der Waals surface area (Å²) < 4.78 is 8.78. The zero-order valence-electron chi connectivity index (χ0n) is 11.1. The van der Waals surface area contributed by atoms with Crippen LogP contribution in [-0.2, 0) is 19.1 Å². The lowest BCUT2D eigenvalue weighted by molar-refractivity contribution is -0.136. The van der Waals surface area contributed by atoms with Gasteiger partial charge in [-0.15, -0.1) is 0 Å². The monoisotopic (exact) mass is 284 g/mol. The summed E-state index contributed by atoms with van der Waals surface area (Å²) in [5, 5.41) is 17.5. The molecule has 8 heteroatoms. The van der Waals surface area contributed by atoms with Gasteiger partial charge in [0.1, 0.15) is 11.1 Å². The maximum atomic E-state index is 11.0. The molecule has 0 saturated carbocycles. The fourth-order valence-electron chi connectivity index (χ4n) is 0.954. The van der Waals surface area contributed by atoms with Gasteiger partial charge in [-0.1, -0.05) is 0 Å². The lowest BCUT2D eigenvalue weighted by atomic mass is 10.3. The molecule has 0 atom stereocenters. The molecule has 8 nitrogen and oxygen atoms in total. The molecular weight excluding hydrogens is 268 g/mol. The highest BCUT2D eigenvalue weighted by molar-refractivity contribution is 6.09. The van der Waals surface area contributed by atoms with Crippen LogP contribution in [0, 0.1) is 0 Å². The summed E-state index contributed by atoms with van der Waals surface area (Å²) >= 11 is 0. The Morgan fingerprint density at radius 2 is 1.25 bits per heavy atom. The van der Waals surface area contributed by atoms with Crippen molar-refractivity contribution in [3.05, 3.63) is 23.7 Å². The lowest BCUT2D eigenvalue weighted by Crippen LogP contribution is -2.07. The van der Waals surface area contributed by atoms with Crippen LogP contribution in [-0.4, -0.2) is 61.9 Å². The third-order valence-electron chi connectivity index (χ3n) is 1.94. The molecule has 0 unspecified atom stereocenters. The topological polar surface area (TPSA) is 118 Å². The fraction of sp³-hybridized carbons (Fsp3) is 0.333. The first-order chi connectivity index (χ1) is 9.60.